The van der Waals surface area contributed by atoms with Crippen molar-refractivity contribution in [2.24, 2.45) is 0 Å². The van der Waals surface area contributed by atoms with E-state index >= 15 is 0 Å². The van der Waals surface area contributed by atoms with Gasteiger partial charge < -0.3 is 14.7 Å². The molecule has 0 aliphatic carbocycles. The van der Waals surface area contributed by atoms with Crippen molar-refractivity contribution < 1.29 is 67.8 Å². The van der Waals surface area contributed by atoms with Crippen LogP contribution in [0.3, 0.4) is 0 Å². The summed E-state index contributed by atoms with van der Waals surface area (Å²) < 4.78 is 8.88. The van der Waals surface area contributed by atoms with Crippen molar-refractivity contribution >= 4 is 7.82 Å². The molecular formula is H3NbO4PZr. The first-order valence-corrected chi connectivity index (χ1v) is 2.35. The Bertz CT molecular complexity index is 57.8. The fourth-order valence-corrected chi connectivity index (χ4v) is 0. The van der Waals surface area contributed by atoms with Crippen LogP contribution in [0.1, 0.15) is 0 Å². The smallest absolute Gasteiger partial charge is 0.303 e. The summed E-state index contributed by atoms with van der Waals surface area (Å²) in [5.74, 6) is 0. The molecule has 0 aromatic carbocycles. The van der Waals surface area contributed by atoms with Crippen LogP contribution in [0.25, 0.3) is 0 Å². The molecule has 7 heteroatoms. The molecule has 3 N–H and O–H groups in total. The van der Waals surface area contributed by atoms with Crippen LogP contribution in [0.2, 0.25) is 0 Å². The molecule has 0 saturated carbocycles. The average molecular weight is 282 g/mol. The Kier molecular flexibility index (Phi) is 13.3. The maximum Gasteiger partial charge on any atom is 0.466 e. The van der Waals surface area contributed by atoms with Crippen LogP contribution in [0.4, 0.5) is 0 Å². The summed E-state index contributed by atoms with van der Waals surface area (Å²) in [5.41, 5.74) is 0. The predicted octanol–water partition coefficient (Wildman–Crippen LogP) is -0.934. The van der Waals surface area contributed by atoms with Gasteiger partial charge in [0, 0.05) is 48.6 Å². The van der Waals surface area contributed by atoms with Gasteiger partial charge >= 0.3 is 7.82 Å². The molecule has 1 radical (unpaired) electrons. The molecule has 0 saturated heterocycles. The van der Waals surface area contributed by atoms with Crippen LogP contribution >= 0.6 is 7.82 Å². The van der Waals surface area contributed by atoms with E-state index in [0.717, 1.165) is 0 Å². The van der Waals surface area contributed by atoms with Gasteiger partial charge in [0.1, 0.15) is 0 Å². The van der Waals surface area contributed by atoms with E-state index in [4.69, 9.17) is 19.2 Å². The normalized spacial score (nSPS) is 8.43. The van der Waals surface area contributed by atoms with Crippen molar-refractivity contribution in [1.29, 1.82) is 0 Å². The van der Waals surface area contributed by atoms with E-state index < -0.39 is 7.82 Å². The van der Waals surface area contributed by atoms with Gasteiger partial charge in [-0.05, 0) is 0 Å². The van der Waals surface area contributed by atoms with Crippen molar-refractivity contribution in [2.45, 2.75) is 0 Å². The molecule has 0 aliphatic heterocycles. The van der Waals surface area contributed by atoms with Gasteiger partial charge in [0.15, 0.2) is 0 Å². The molecule has 0 amide bonds. The first-order chi connectivity index (χ1) is 2.00. The SMILES string of the molecule is O=P(O)(O)O.[Nb].[Zr]. The maximum absolute atomic E-state index is 8.88. The van der Waals surface area contributed by atoms with Crippen molar-refractivity contribution in [3.8, 4) is 0 Å². The van der Waals surface area contributed by atoms with Crippen LogP contribution in [-0.4, -0.2) is 14.7 Å². The molecule has 0 fully saturated rings. The second-order valence-electron chi connectivity index (χ2n) is 0.513. The quantitative estimate of drug-likeness (QED) is 0.396. The summed E-state index contributed by atoms with van der Waals surface area (Å²) in [6, 6.07) is 0. The van der Waals surface area contributed by atoms with Crippen LogP contribution < -0.4 is 0 Å². The van der Waals surface area contributed by atoms with E-state index in [9.17, 15) is 0 Å². The predicted molar refractivity (Wildman–Crippen MR) is 14.3 cm³/mol. The summed E-state index contributed by atoms with van der Waals surface area (Å²) in [4.78, 5) is 21.6. The maximum atomic E-state index is 8.88. The third kappa shape index (κ3) is 84.6. The fourth-order valence-electron chi connectivity index (χ4n) is 0. The van der Waals surface area contributed by atoms with Gasteiger partial charge in [-0.1, -0.05) is 0 Å². The Morgan fingerprint density at radius 1 is 1.14 bits per heavy atom. The number of hydrogen-bond acceptors (Lipinski definition) is 1. The molecule has 0 bridgehead atoms. The van der Waals surface area contributed by atoms with Crippen LogP contribution in [0.5, 0.6) is 0 Å². The molecule has 0 aromatic heterocycles. The van der Waals surface area contributed by atoms with Crippen molar-refractivity contribution in [1.82, 2.24) is 0 Å². The van der Waals surface area contributed by atoms with E-state index in [1.807, 2.05) is 0 Å². The summed E-state index contributed by atoms with van der Waals surface area (Å²) >= 11 is 0. The summed E-state index contributed by atoms with van der Waals surface area (Å²) in [5, 5.41) is 0. The molecule has 0 rings (SSSR count). The molecule has 0 aromatic rings. The second kappa shape index (κ2) is 5.86. The Balaban J connectivity index is -0.0000000800. The topological polar surface area (TPSA) is 77.8 Å². The Morgan fingerprint density at radius 3 is 1.14 bits per heavy atom. The van der Waals surface area contributed by atoms with E-state index in [-0.39, 0.29) is 48.6 Å². The number of phosphoric acid groups is 1. The first kappa shape index (κ1) is 15.9. The van der Waals surface area contributed by atoms with E-state index in [1.165, 1.54) is 0 Å². The zero-order valence-corrected chi connectivity index (χ0v) is 8.70. The summed E-state index contributed by atoms with van der Waals surface area (Å²) in [6.45, 7) is 0. The molecule has 0 aliphatic rings. The van der Waals surface area contributed by atoms with Gasteiger partial charge in [-0.25, -0.2) is 4.57 Å². The summed E-state index contributed by atoms with van der Waals surface area (Å²) in [6.07, 6.45) is 0. The van der Waals surface area contributed by atoms with Gasteiger partial charge in [0.2, 0.25) is 0 Å². The number of rotatable bonds is 0. The minimum absolute atomic E-state index is 0. The van der Waals surface area contributed by atoms with Crippen molar-refractivity contribution in [2.75, 3.05) is 0 Å². The van der Waals surface area contributed by atoms with Gasteiger partial charge in [0.25, 0.3) is 0 Å². The minimum atomic E-state index is -4.64. The van der Waals surface area contributed by atoms with Crippen LogP contribution in [0.15, 0.2) is 0 Å². The van der Waals surface area contributed by atoms with Crippen molar-refractivity contribution in [3.63, 3.8) is 0 Å². The first-order valence-electron chi connectivity index (χ1n) is 0.783. The van der Waals surface area contributed by atoms with Gasteiger partial charge in [-0.15, -0.1) is 0 Å². The molecule has 0 atom stereocenters. The van der Waals surface area contributed by atoms with Gasteiger partial charge in [-0.2, -0.15) is 0 Å². The van der Waals surface area contributed by atoms with E-state index in [0.29, 0.717) is 0 Å². The van der Waals surface area contributed by atoms with Gasteiger partial charge in [-0.3, -0.25) is 0 Å². The Labute approximate surface area is 75.2 Å². The second-order valence-corrected chi connectivity index (χ2v) is 1.54. The third-order valence-corrected chi connectivity index (χ3v) is 0. The Morgan fingerprint density at radius 2 is 1.14 bits per heavy atom. The average Bonchev–Trinajstić information content (AvgIpc) is 0.722. The van der Waals surface area contributed by atoms with Crippen LogP contribution in [-0.2, 0) is 53.1 Å². The Hall–Kier alpha value is 1.73. The largest absolute Gasteiger partial charge is 0.466 e. The summed E-state index contributed by atoms with van der Waals surface area (Å²) in [7, 11) is -4.64. The monoisotopic (exact) mass is 281 g/mol. The zero-order valence-electron chi connectivity index (χ0n) is 3.14. The van der Waals surface area contributed by atoms with Crippen molar-refractivity contribution in [3.05, 3.63) is 0 Å². The van der Waals surface area contributed by atoms with Crippen LogP contribution in [0, 0.1) is 0 Å². The molecule has 4 nitrogen and oxygen atoms in total. The van der Waals surface area contributed by atoms with E-state index in [2.05, 4.69) is 0 Å². The standard InChI is InChI=1S/Nb.H3O4P.Zr/c;1-5(2,3)4;/h;(H3,1,2,3,4);. The molecule has 7 heavy (non-hydrogen) atoms. The molecule has 0 heterocycles. The zero-order chi connectivity index (χ0) is 4.50. The molecule has 0 unspecified atom stereocenters. The minimum Gasteiger partial charge on any atom is -0.303 e. The fraction of sp³-hybridized carbons (Fsp3) is 0. The number of hydrogen-bond donors (Lipinski definition) is 3. The molecule has 41 valence electrons. The molecular weight excluding hydrogens is 279 g/mol. The van der Waals surface area contributed by atoms with E-state index in [1.54, 1.807) is 0 Å². The third-order valence-electron chi connectivity index (χ3n) is 0. The van der Waals surface area contributed by atoms with Gasteiger partial charge in [0.05, 0.1) is 0 Å². The molecule has 0 spiro atoms.